The number of rotatable bonds is 8. The Balaban J connectivity index is 2.38. The second-order valence-corrected chi connectivity index (χ2v) is 7.71. The third-order valence-electron chi connectivity index (χ3n) is 3.73. The Kier molecular flexibility index (Phi) is 6.59. The molecule has 124 valence electrons. The Bertz CT molecular complexity index is 627. The molecule has 0 saturated carbocycles. The van der Waals surface area contributed by atoms with E-state index in [2.05, 4.69) is 31.2 Å². The van der Waals surface area contributed by atoms with Crippen LogP contribution in [0.2, 0.25) is 0 Å². The first-order valence-corrected chi connectivity index (χ1v) is 9.69. The van der Waals surface area contributed by atoms with Gasteiger partial charge in [0.1, 0.15) is 0 Å². The molecule has 0 spiro atoms. The van der Waals surface area contributed by atoms with Crippen LogP contribution >= 0.6 is 7.60 Å². The molecule has 0 aliphatic rings. The summed E-state index contributed by atoms with van der Waals surface area (Å²) in [5, 5.41) is 0. The molecule has 2 rings (SSSR count). The molecule has 0 radical (unpaired) electrons. The summed E-state index contributed by atoms with van der Waals surface area (Å²) < 4.78 is 24.6. The highest BCUT2D eigenvalue weighted by atomic mass is 31.2. The van der Waals surface area contributed by atoms with E-state index in [1.54, 1.807) is 0 Å². The van der Waals surface area contributed by atoms with Crippen LogP contribution in [0.1, 0.15) is 36.2 Å². The quantitative estimate of drug-likeness (QED) is 0.595. The minimum atomic E-state index is -3.23. The molecular weight excluding hydrogens is 307 g/mol. The molecule has 0 amide bonds. The average molecular weight is 332 g/mol. The van der Waals surface area contributed by atoms with Crippen molar-refractivity contribution in [3.05, 3.63) is 71.3 Å². The minimum absolute atomic E-state index is 0.300. The average Bonchev–Trinajstić information content (AvgIpc) is 2.55. The molecule has 0 bridgehead atoms. The lowest BCUT2D eigenvalue weighted by Crippen LogP contribution is -2.09. The van der Waals surface area contributed by atoms with Crippen molar-refractivity contribution < 1.29 is 13.6 Å². The molecule has 1 unspecified atom stereocenters. The second-order valence-electron chi connectivity index (χ2n) is 5.49. The van der Waals surface area contributed by atoms with Crippen molar-refractivity contribution in [2.24, 2.45) is 0 Å². The minimum Gasteiger partial charge on any atom is -0.308 e. The summed E-state index contributed by atoms with van der Waals surface area (Å²) in [6.07, 6.45) is 0.627. The monoisotopic (exact) mass is 332 g/mol. The van der Waals surface area contributed by atoms with E-state index in [-0.39, 0.29) is 5.66 Å². The van der Waals surface area contributed by atoms with Crippen molar-refractivity contribution in [2.75, 3.05) is 13.2 Å². The molecule has 1 atom stereocenters. The van der Waals surface area contributed by atoms with Gasteiger partial charge >= 0.3 is 7.60 Å². The first kappa shape index (κ1) is 17.9. The molecular formula is C19H25O3P. The first-order valence-electron chi connectivity index (χ1n) is 8.08. The van der Waals surface area contributed by atoms with Gasteiger partial charge in [0.05, 0.1) is 18.9 Å². The van der Waals surface area contributed by atoms with Crippen LogP contribution in [0.3, 0.4) is 0 Å². The maximum Gasteiger partial charge on any atom is 0.338 e. The van der Waals surface area contributed by atoms with Crippen LogP contribution in [-0.4, -0.2) is 13.2 Å². The van der Waals surface area contributed by atoms with Gasteiger partial charge in [-0.05, 0) is 38.3 Å². The molecule has 0 aliphatic heterocycles. The van der Waals surface area contributed by atoms with E-state index in [1.165, 1.54) is 5.56 Å². The Morgan fingerprint density at radius 1 is 0.913 bits per heavy atom. The number of hydrogen-bond acceptors (Lipinski definition) is 3. The van der Waals surface area contributed by atoms with Crippen molar-refractivity contribution in [3.63, 3.8) is 0 Å². The first-order chi connectivity index (χ1) is 11.1. The molecule has 23 heavy (non-hydrogen) atoms. The van der Waals surface area contributed by atoms with Crippen molar-refractivity contribution in [1.82, 2.24) is 0 Å². The van der Waals surface area contributed by atoms with E-state index < -0.39 is 7.60 Å². The van der Waals surface area contributed by atoms with Gasteiger partial charge in [-0.25, -0.2) is 0 Å². The summed E-state index contributed by atoms with van der Waals surface area (Å²) in [5.74, 6) is 0. The molecule has 0 aliphatic carbocycles. The third-order valence-corrected chi connectivity index (χ3v) is 6.21. The maximum atomic E-state index is 13.3. The van der Waals surface area contributed by atoms with Gasteiger partial charge in [-0.2, -0.15) is 0 Å². The topological polar surface area (TPSA) is 35.5 Å². The van der Waals surface area contributed by atoms with Crippen molar-refractivity contribution in [2.45, 2.75) is 32.9 Å². The Labute approximate surface area is 139 Å². The van der Waals surface area contributed by atoms with E-state index in [1.807, 2.05) is 44.2 Å². The highest BCUT2D eigenvalue weighted by Gasteiger charge is 2.36. The zero-order valence-corrected chi connectivity index (χ0v) is 15.0. The lowest BCUT2D eigenvalue weighted by Gasteiger charge is -2.27. The van der Waals surface area contributed by atoms with Crippen LogP contribution < -0.4 is 0 Å². The predicted molar refractivity (Wildman–Crippen MR) is 94.9 cm³/mol. The van der Waals surface area contributed by atoms with Crippen LogP contribution in [0.15, 0.2) is 54.6 Å². The van der Waals surface area contributed by atoms with Crippen LogP contribution in [0.4, 0.5) is 0 Å². The normalized spacial score (nSPS) is 13.0. The highest BCUT2D eigenvalue weighted by Crippen LogP contribution is 2.62. The van der Waals surface area contributed by atoms with Crippen LogP contribution in [0, 0.1) is 6.92 Å². The molecule has 0 fully saturated rings. The van der Waals surface area contributed by atoms with Gasteiger partial charge in [-0.1, -0.05) is 60.2 Å². The molecule has 2 aromatic carbocycles. The summed E-state index contributed by atoms with van der Waals surface area (Å²) in [4.78, 5) is 0. The van der Waals surface area contributed by atoms with E-state index in [9.17, 15) is 4.57 Å². The third kappa shape index (κ3) is 4.78. The van der Waals surface area contributed by atoms with Crippen LogP contribution in [0.5, 0.6) is 0 Å². The van der Waals surface area contributed by atoms with Crippen molar-refractivity contribution >= 4 is 7.60 Å². The van der Waals surface area contributed by atoms with E-state index >= 15 is 0 Å². The van der Waals surface area contributed by atoms with E-state index in [0.29, 0.717) is 19.6 Å². The van der Waals surface area contributed by atoms with Crippen molar-refractivity contribution in [3.8, 4) is 0 Å². The van der Waals surface area contributed by atoms with Gasteiger partial charge in [0.2, 0.25) is 0 Å². The largest absolute Gasteiger partial charge is 0.338 e. The molecule has 0 aromatic heterocycles. The van der Waals surface area contributed by atoms with Gasteiger partial charge in [-0.15, -0.1) is 0 Å². The van der Waals surface area contributed by atoms with Crippen LogP contribution in [0.25, 0.3) is 0 Å². The summed E-state index contributed by atoms with van der Waals surface area (Å²) in [6.45, 7) is 6.49. The highest BCUT2D eigenvalue weighted by molar-refractivity contribution is 7.54. The molecule has 2 aromatic rings. The Morgan fingerprint density at radius 3 is 2.00 bits per heavy atom. The van der Waals surface area contributed by atoms with Crippen LogP contribution in [-0.2, 0) is 20.0 Å². The van der Waals surface area contributed by atoms with Gasteiger partial charge in [0.15, 0.2) is 0 Å². The maximum absolute atomic E-state index is 13.3. The van der Waals surface area contributed by atoms with Crippen molar-refractivity contribution in [1.29, 1.82) is 0 Å². The summed E-state index contributed by atoms with van der Waals surface area (Å²) in [5.41, 5.74) is 3.02. The van der Waals surface area contributed by atoms with E-state index in [4.69, 9.17) is 9.05 Å². The Hall–Kier alpha value is -1.41. The molecule has 0 heterocycles. The van der Waals surface area contributed by atoms with Gasteiger partial charge in [-0.3, -0.25) is 4.57 Å². The molecule has 4 heteroatoms. The fourth-order valence-corrected chi connectivity index (χ4v) is 4.74. The Morgan fingerprint density at radius 2 is 1.48 bits per heavy atom. The fraction of sp³-hybridized carbons (Fsp3) is 0.368. The zero-order valence-electron chi connectivity index (χ0n) is 14.1. The van der Waals surface area contributed by atoms with Gasteiger partial charge in [0, 0.05) is 0 Å². The second kappa shape index (κ2) is 8.44. The number of aryl methyl sites for hydroxylation is 1. The number of hydrogen-bond donors (Lipinski definition) is 0. The van der Waals surface area contributed by atoms with E-state index in [0.717, 1.165) is 11.1 Å². The molecule has 0 N–H and O–H groups in total. The summed E-state index contributed by atoms with van der Waals surface area (Å²) >= 11 is 0. The molecule has 3 nitrogen and oxygen atoms in total. The smallest absolute Gasteiger partial charge is 0.308 e. The summed E-state index contributed by atoms with van der Waals surface area (Å²) in [6, 6.07) is 18.2. The zero-order chi connectivity index (χ0) is 16.7. The fourth-order valence-electron chi connectivity index (χ4n) is 2.61. The summed E-state index contributed by atoms with van der Waals surface area (Å²) in [7, 11) is -3.23. The molecule has 0 saturated heterocycles. The lowest BCUT2D eigenvalue weighted by molar-refractivity contribution is 0.211. The standard InChI is InChI=1S/C19H25O3P/c1-4-21-23(20,22-5-2)19(18-9-7-6-8-10-18)15-17-13-11-16(3)12-14-17/h6-14,19H,4-5,15H2,1-3H3. The SMILES string of the molecule is CCOP(=O)(OCC)C(Cc1ccc(C)cc1)c1ccccc1. The van der Waals surface area contributed by atoms with Gasteiger partial charge < -0.3 is 9.05 Å². The number of benzene rings is 2. The lowest BCUT2D eigenvalue weighted by atomic mass is 10.0. The van der Waals surface area contributed by atoms with Gasteiger partial charge in [0.25, 0.3) is 0 Å². The predicted octanol–water partition coefficient (Wildman–Crippen LogP) is 5.54.